The van der Waals surface area contributed by atoms with E-state index < -0.39 is 17.9 Å². The average Bonchev–Trinajstić information content (AvgIpc) is 3.09. The fourth-order valence-electron chi connectivity index (χ4n) is 3.23. The predicted octanol–water partition coefficient (Wildman–Crippen LogP) is 1.61. The van der Waals surface area contributed by atoms with E-state index >= 15 is 0 Å². The summed E-state index contributed by atoms with van der Waals surface area (Å²) in [5.74, 6) is -0.0916. The van der Waals surface area contributed by atoms with Gasteiger partial charge in [-0.2, -0.15) is 8.78 Å². The van der Waals surface area contributed by atoms with Gasteiger partial charge >= 0.3 is 12.3 Å². The van der Waals surface area contributed by atoms with Crippen molar-refractivity contribution in [1.82, 2.24) is 14.9 Å². The lowest BCUT2D eigenvalue weighted by Crippen LogP contribution is -2.29. The number of amides is 1. The Kier molecular flexibility index (Phi) is 5.68. The number of benzene rings is 1. The van der Waals surface area contributed by atoms with Gasteiger partial charge in [0.25, 0.3) is 5.56 Å². The summed E-state index contributed by atoms with van der Waals surface area (Å²) in [5, 5.41) is 0. The van der Waals surface area contributed by atoms with Gasteiger partial charge in [0, 0.05) is 37.2 Å². The second-order valence-corrected chi connectivity index (χ2v) is 6.39. The van der Waals surface area contributed by atoms with Crippen LogP contribution in [0.2, 0.25) is 0 Å². The molecule has 1 aromatic carbocycles. The number of ether oxygens (including phenoxy) is 1. The van der Waals surface area contributed by atoms with Crippen molar-refractivity contribution >= 4 is 5.91 Å². The molecule has 1 aliphatic heterocycles. The van der Waals surface area contributed by atoms with Gasteiger partial charge in [0.05, 0.1) is 0 Å². The minimum absolute atomic E-state index is 0.0643. The Morgan fingerprint density at radius 3 is 2.81 bits per heavy atom. The van der Waals surface area contributed by atoms with Crippen molar-refractivity contribution < 1.29 is 18.3 Å². The van der Waals surface area contributed by atoms with Crippen LogP contribution in [0.3, 0.4) is 0 Å². The maximum Gasteiger partial charge on any atom is 0.387 e. The Labute approximate surface area is 153 Å². The summed E-state index contributed by atoms with van der Waals surface area (Å²) < 4.78 is 28.9. The molecule has 1 amide bonds. The van der Waals surface area contributed by atoms with E-state index in [1.807, 2.05) is 0 Å². The van der Waals surface area contributed by atoms with Crippen molar-refractivity contribution in [2.24, 2.45) is 0 Å². The molecule has 1 aromatic heterocycles. The summed E-state index contributed by atoms with van der Waals surface area (Å²) >= 11 is 0. The van der Waals surface area contributed by atoms with Gasteiger partial charge in [0.2, 0.25) is 5.91 Å². The minimum atomic E-state index is -2.89. The van der Waals surface area contributed by atoms with Gasteiger partial charge in [-0.3, -0.25) is 14.6 Å². The number of halogens is 2. The third-order valence-corrected chi connectivity index (χ3v) is 4.51. The highest BCUT2D eigenvalue weighted by atomic mass is 19.3. The highest BCUT2D eigenvalue weighted by Crippen LogP contribution is 2.25. The fourth-order valence-corrected chi connectivity index (χ4v) is 3.23. The molecule has 2 heterocycles. The number of alkyl halides is 2. The maximum atomic E-state index is 12.4. The van der Waals surface area contributed by atoms with Gasteiger partial charge < -0.3 is 14.6 Å². The average molecular weight is 379 g/mol. The lowest BCUT2D eigenvalue weighted by Gasteiger charge is -2.16. The van der Waals surface area contributed by atoms with Crippen molar-refractivity contribution in [2.75, 3.05) is 13.1 Å². The first-order chi connectivity index (χ1) is 12.9. The van der Waals surface area contributed by atoms with E-state index in [9.17, 15) is 23.2 Å². The van der Waals surface area contributed by atoms with Crippen LogP contribution < -0.4 is 16.0 Å². The first-order valence-corrected chi connectivity index (χ1v) is 8.56. The Hall–Kier alpha value is -2.97. The lowest BCUT2D eigenvalue weighted by molar-refractivity contribution is -0.130. The molecule has 0 saturated carbocycles. The third kappa shape index (κ3) is 5.02. The summed E-state index contributed by atoms with van der Waals surface area (Å²) in [6, 6.07) is 7.62. The van der Waals surface area contributed by atoms with E-state index in [1.165, 1.54) is 18.2 Å². The van der Waals surface area contributed by atoms with Gasteiger partial charge in [-0.05, 0) is 30.5 Å². The fraction of sp³-hybridized carbons (Fsp3) is 0.389. The van der Waals surface area contributed by atoms with Crippen LogP contribution in [-0.2, 0) is 11.2 Å². The molecule has 27 heavy (non-hydrogen) atoms. The number of hydrogen-bond donors (Lipinski definition) is 2. The van der Waals surface area contributed by atoms with Crippen LogP contribution in [0.15, 0.2) is 39.9 Å². The van der Waals surface area contributed by atoms with E-state index in [4.69, 9.17) is 0 Å². The summed E-state index contributed by atoms with van der Waals surface area (Å²) in [6.45, 7) is -1.93. The van der Waals surface area contributed by atoms with Crippen LogP contribution >= 0.6 is 0 Å². The van der Waals surface area contributed by atoms with E-state index in [1.54, 1.807) is 17.0 Å². The monoisotopic (exact) mass is 379 g/mol. The number of likely N-dealkylation sites (tertiary alicyclic amines) is 1. The van der Waals surface area contributed by atoms with Crippen LogP contribution in [0.5, 0.6) is 5.75 Å². The van der Waals surface area contributed by atoms with E-state index in [2.05, 4.69) is 14.7 Å². The minimum Gasteiger partial charge on any atom is -0.435 e. The molecule has 0 radical (unpaired) electrons. The molecule has 1 atom stereocenters. The quantitative estimate of drug-likeness (QED) is 0.797. The molecule has 1 aliphatic rings. The normalized spacial score (nSPS) is 16.7. The number of nitrogens with zero attached hydrogens (tertiary/aromatic N) is 1. The Bertz CT molecular complexity index is 897. The SMILES string of the molecule is O=C(CCc1cccc(OC(F)F)c1)N1CCC(c2cc(=O)[nH]c(=O)[nH]2)C1. The standard InChI is InChI=1S/C18H19F2N3O4/c19-17(20)27-13-3-1-2-11(8-13)4-5-16(25)23-7-6-12(10-23)14-9-15(24)22-18(26)21-14/h1-3,8-9,12,17H,4-7,10H2,(H2,21,22,24,26). The number of carbonyl (C=O) groups excluding carboxylic acids is 1. The van der Waals surface area contributed by atoms with Crippen LogP contribution in [0.4, 0.5) is 8.78 Å². The Morgan fingerprint density at radius 2 is 2.07 bits per heavy atom. The molecular formula is C18H19F2N3O4. The van der Waals surface area contributed by atoms with E-state index in [0.717, 1.165) is 5.56 Å². The molecule has 1 unspecified atom stereocenters. The van der Waals surface area contributed by atoms with Gasteiger partial charge in [-0.25, -0.2) is 4.79 Å². The summed E-state index contributed by atoms with van der Waals surface area (Å²) in [5.41, 5.74) is 0.227. The van der Waals surface area contributed by atoms with Crippen LogP contribution in [0, 0.1) is 0 Å². The first-order valence-electron chi connectivity index (χ1n) is 8.56. The zero-order chi connectivity index (χ0) is 19.4. The van der Waals surface area contributed by atoms with Crippen molar-refractivity contribution in [3.63, 3.8) is 0 Å². The lowest BCUT2D eigenvalue weighted by atomic mass is 10.1. The number of nitrogens with one attached hydrogen (secondary N) is 2. The second kappa shape index (κ2) is 8.15. The Balaban J connectivity index is 1.56. The number of aromatic amines is 2. The van der Waals surface area contributed by atoms with Gasteiger partial charge in [0.15, 0.2) is 0 Å². The molecule has 7 nitrogen and oxygen atoms in total. The van der Waals surface area contributed by atoms with Gasteiger partial charge in [-0.1, -0.05) is 12.1 Å². The smallest absolute Gasteiger partial charge is 0.387 e. The van der Waals surface area contributed by atoms with E-state index in [0.29, 0.717) is 31.6 Å². The summed E-state index contributed by atoms with van der Waals surface area (Å²) in [7, 11) is 0. The molecule has 0 aliphatic carbocycles. The first kappa shape index (κ1) is 18.8. The van der Waals surface area contributed by atoms with Gasteiger partial charge in [0.1, 0.15) is 5.75 Å². The highest BCUT2D eigenvalue weighted by molar-refractivity contribution is 5.76. The molecular weight excluding hydrogens is 360 g/mol. The van der Waals surface area contributed by atoms with E-state index in [-0.39, 0.29) is 24.0 Å². The molecule has 3 rings (SSSR count). The zero-order valence-electron chi connectivity index (χ0n) is 14.4. The zero-order valence-corrected chi connectivity index (χ0v) is 14.4. The van der Waals surface area contributed by atoms with Crippen LogP contribution in [0.25, 0.3) is 0 Å². The van der Waals surface area contributed by atoms with Crippen molar-refractivity contribution in [1.29, 1.82) is 0 Å². The predicted molar refractivity (Wildman–Crippen MR) is 93.0 cm³/mol. The largest absolute Gasteiger partial charge is 0.435 e. The number of rotatable bonds is 6. The molecule has 1 saturated heterocycles. The molecule has 2 N–H and O–H groups in total. The molecule has 2 aromatic rings. The van der Waals surface area contributed by atoms with Crippen molar-refractivity contribution in [2.45, 2.75) is 31.8 Å². The van der Waals surface area contributed by atoms with Crippen molar-refractivity contribution in [3.05, 3.63) is 62.4 Å². The number of carbonyl (C=O) groups is 1. The van der Waals surface area contributed by atoms with Crippen molar-refractivity contribution in [3.8, 4) is 5.75 Å². The second-order valence-electron chi connectivity index (χ2n) is 6.39. The van der Waals surface area contributed by atoms with Crippen LogP contribution in [0.1, 0.15) is 30.0 Å². The third-order valence-electron chi connectivity index (χ3n) is 4.51. The summed E-state index contributed by atoms with van der Waals surface area (Å²) in [4.78, 5) is 41.6. The number of aryl methyl sites for hydroxylation is 1. The highest BCUT2D eigenvalue weighted by Gasteiger charge is 2.28. The maximum absolute atomic E-state index is 12.4. The Morgan fingerprint density at radius 1 is 1.26 bits per heavy atom. The molecule has 144 valence electrons. The number of hydrogen-bond acceptors (Lipinski definition) is 4. The topological polar surface area (TPSA) is 95.3 Å². The van der Waals surface area contributed by atoms with Crippen LogP contribution in [-0.4, -0.2) is 40.5 Å². The molecule has 0 bridgehead atoms. The summed E-state index contributed by atoms with van der Waals surface area (Å²) in [6.07, 6.45) is 1.29. The molecule has 1 fully saturated rings. The number of H-pyrrole nitrogens is 2. The number of aromatic nitrogens is 2. The molecule has 9 heteroatoms. The van der Waals surface area contributed by atoms with Gasteiger partial charge in [-0.15, -0.1) is 0 Å². The molecule has 0 spiro atoms.